The minimum Gasteiger partial charge on any atom is -0.402 e. The fraction of sp³-hybridized carbons (Fsp3) is 0.0588. The number of sulfonamides is 1. The predicted octanol–water partition coefficient (Wildman–Crippen LogP) is 2.35. The maximum atomic E-state index is 13.9. The topological polar surface area (TPSA) is 136 Å². The summed E-state index contributed by atoms with van der Waals surface area (Å²) in [7, 11) is -3.85. The van der Waals surface area contributed by atoms with Crippen molar-refractivity contribution in [1.82, 2.24) is 9.97 Å². The van der Waals surface area contributed by atoms with Crippen molar-refractivity contribution in [3.63, 3.8) is 0 Å². The number of hydrogen-bond donors (Lipinski definition) is 4. The summed E-state index contributed by atoms with van der Waals surface area (Å²) in [5, 5.41) is 10.6. The van der Waals surface area contributed by atoms with Gasteiger partial charge < -0.3 is 16.4 Å². The van der Waals surface area contributed by atoms with E-state index in [9.17, 15) is 12.8 Å². The van der Waals surface area contributed by atoms with E-state index in [1.807, 2.05) is 0 Å². The van der Waals surface area contributed by atoms with Gasteiger partial charge in [-0.05, 0) is 37.3 Å². The summed E-state index contributed by atoms with van der Waals surface area (Å²) in [5.74, 6) is -0.725. The molecule has 2 rings (SSSR count). The van der Waals surface area contributed by atoms with Crippen LogP contribution in [-0.4, -0.2) is 18.4 Å². The third-order valence-electron chi connectivity index (χ3n) is 3.10. The normalized spacial score (nSPS) is 12.2. The zero-order chi connectivity index (χ0) is 20.0. The molecule has 0 aliphatic heterocycles. The van der Waals surface area contributed by atoms with Crippen LogP contribution in [0.5, 0.6) is 0 Å². The minimum absolute atomic E-state index is 0.0555. The first-order chi connectivity index (χ1) is 12.6. The van der Waals surface area contributed by atoms with Crippen molar-refractivity contribution in [3.8, 4) is 0 Å². The van der Waals surface area contributed by atoms with E-state index in [1.165, 1.54) is 18.2 Å². The van der Waals surface area contributed by atoms with Gasteiger partial charge in [0.15, 0.2) is 11.6 Å². The number of anilines is 3. The highest BCUT2D eigenvalue weighted by atomic mass is 32.2. The number of allylic oxidation sites excluding steroid dienone is 4. The van der Waals surface area contributed by atoms with Gasteiger partial charge in [-0.25, -0.2) is 22.9 Å². The number of halogens is 1. The summed E-state index contributed by atoms with van der Waals surface area (Å²) in [6.45, 7) is 5.47. The molecule has 0 bridgehead atoms. The van der Waals surface area contributed by atoms with E-state index in [-0.39, 0.29) is 16.7 Å². The van der Waals surface area contributed by atoms with E-state index in [4.69, 9.17) is 10.9 Å². The third-order valence-corrected chi connectivity index (χ3v) is 4.01. The van der Waals surface area contributed by atoms with Crippen molar-refractivity contribution in [2.75, 3.05) is 10.6 Å². The fourth-order valence-electron chi connectivity index (χ4n) is 1.90. The smallest absolute Gasteiger partial charge is 0.238 e. The van der Waals surface area contributed by atoms with Crippen LogP contribution in [0.25, 0.3) is 0 Å². The largest absolute Gasteiger partial charge is 0.402 e. The molecule has 6 N–H and O–H groups in total. The summed E-state index contributed by atoms with van der Waals surface area (Å²) < 4.78 is 36.8. The zero-order valence-electron chi connectivity index (χ0n) is 14.5. The van der Waals surface area contributed by atoms with Gasteiger partial charge in [0.25, 0.3) is 0 Å². The molecule has 1 aromatic heterocycles. The molecule has 0 amide bonds. The van der Waals surface area contributed by atoms with Gasteiger partial charge in [0.2, 0.25) is 16.0 Å². The molecule has 0 aliphatic rings. The molecule has 0 saturated heterocycles. The summed E-state index contributed by atoms with van der Waals surface area (Å²) in [5.41, 5.74) is 6.88. The van der Waals surface area contributed by atoms with Crippen LogP contribution in [0.1, 0.15) is 6.92 Å². The molecule has 27 heavy (non-hydrogen) atoms. The lowest BCUT2D eigenvalue weighted by molar-refractivity contribution is 0.598. The average molecular weight is 390 g/mol. The van der Waals surface area contributed by atoms with Crippen molar-refractivity contribution in [2.24, 2.45) is 10.9 Å². The van der Waals surface area contributed by atoms with E-state index in [1.54, 1.807) is 31.2 Å². The highest BCUT2D eigenvalue weighted by Gasteiger charge is 2.10. The highest BCUT2D eigenvalue weighted by molar-refractivity contribution is 7.89. The number of nitrogens with two attached hydrogens (primary N) is 2. The number of primary sulfonamides is 1. The van der Waals surface area contributed by atoms with Gasteiger partial charge in [-0.3, -0.25) is 0 Å². The Morgan fingerprint density at radius 1 is 1.37 bits per heavy atom. The maximum Gasteiger partial charge on any atom is 0.238 e. The van der Waals surface area contributed by atoms with E-state index in [2.05, 4.69) is 27.2 Å². The molecule has 0 radical (unpaired) electrons. The fourth-order valence-corrected chi connectivity index (χ4v) is 2.46. The monoisotopic (exact) mass is 390 g/mol. The summed E-state index contributed by atoms with van der Waals surface area (Å²) in [6, 6.07) is 5.77. The Bertz CT molecular complexity index is 1010. The second-order valence-electron chi connectivity index (χ2n) is 5.51. The Hall–Kier alpha value is -3.24. The molecule has 1 aromatic carbocycles. The number of nitrogens with zero attached hydrogens (tertiary/aromatic N) is 2. The molecular formula is C17H19FN6O2S. The third kappa shape index (κ3) is 6.20. The van der Waals surface area contributed by atoms with Gasteiger partial charge in [0, 0.05) is 17.1 Å². The van der Waals surface area contributed by atoms with Crippen LogP contribution in [0.3, 0.4) is 0 Å². The molecule has 0 atom stereocenters. The minimum atomic E-state index is -3.85. The molecule has 10 heteroatoms. The predicted molar refractivity (Wildman–Crippen MR) is 103 cm³/mol. The molecule has 0 saturated carbocycles. The van der Waals surface area contributed by atoms with E-state index >= 15 is 0 Å². The first-order valence-corrected chi connectivity index (χ1v) is 9.18. The van der Waals surface area contributed by atoms with Crippen molar-refractivity contribution >= 4 is 27.5 Å². The Labute approximate surface area is 156 Å². The quantitative estimate of drug-likeness (QED) is 0.533. The number of aromatic nitrogens is 2. The van der Waals surface area contributed by atoms with Gasteiger partial charge in [-0.1, -0.05) is 18.7 Å². The number of rotatable bonds is 7. The van der Waals surface area contributed by atoms with Gasteiger partial charge >= 0.3 is 0 Å². The van der Waals surface area contributed by atoms with Gasteiger partial charge in [0.1, 0.15) is 0 Å². The first kappa shape index (κ1) is 20.1. The Kier molecular flexibility index (Phi) is 6.27. The molecule has 2 aromatic rings. The average Bonchev–Trinajstić information content (AvgIpc) is 2.57. The van der Waals surface area contributed by atoms with E-state index in [0.29, 0.717) is 17.1 Å². The number of benzene rings is 1. The van der Waals surface area contributed by atoms with Crippen molar-refractivity contribution in [3.05, 3.63) is 72.5 Å². The molecule has 1 heterocycles. The van der Waals surface area contributed by atoms with Crippen LogP contribution in [0, 0.1) is 5.82 Å². The van der Waals surface area contributed by atoms with E-state index in [0.717, 1.165) is 6.20 Å². The van der Waals surface area contributed by atoms with E-state index < -0.39 is 15.8 Å². The molecule has 0 fully saturated rings. The zero-order valence-corrected chi connectivity index (χ0v) is 15.3. The second-order valence-corrected chi connectivity index (χ2v) is 7.07. The number of nitrogens with one attached hydrogen (secondary N) is 2. The van der Waals surface area contributed by atoms with Gasteiger partial charge in [-0.2, -0.15) is 4.98 Å². The molecular weight excluding hydrogens is 371 g/mol. The highest BCUT2D eigenvalue weighted by Crippen LogP contribution is 2.20. The van der Waals surface area contributed by atoms with Crippen molar-refractivity contribution in [1.29, 1.82) is 0 Å². The van der Waals surface area contributed by atoms with Crippen LogP contribution in [-0.2, 0) is 10.0 Å². The first-order valence-electron chi connectivity index (χ1n) is 7.64. The Morgan fingerprint density at radius 2 is 2.11 bits per heavy atom. The summed E-state index contributed by atoms with van der Waals surface area (Å²) in [6.07, 6.45) is 5.89. The lowest BCUT2D eigenvalue weighted by Gasteiger charge is -2.10. The van der Waals surface area contributed by atoms with Crippen LogP contribution in [0.2, 0.25) is 0 Å². The lowest BCUT2D eigenvalue weighted by atomic mass is 10.3. The molecule has 8 nitrogen and oxygen atoms in total. The van der Waals surface area contributed by atoms with Crippen molar-refractivity contribution in [2.45, 2.75) is 11.8 Å². The molecule has 0 unspecified atom stereocenters. The SMILES string of the molecule is C=C(/C=C\C=C(/C)N)Nc1nc(Nc2cccc(S(N)(=O)=O)c2)ncc1F. The molecule has 142 valence electrons. The number of hydrogen-bond acceptors (Lipinski definition) is 7. The van der Waals surface area contributed by atoms with Crippen LogP contribution in [0.15, 0.2) is 71.6 Å². The standard InChI is InChI=1S/C17H19FN6O2S/c1-11(19)5-3-6-12(2)22-16-15(18)10-21-17(24-16)23-13-7-4-8-14(9-13)27(20,25)26/h3-10H,2,19H2,1H3,(H2,20,25,26)(H2,21,22,23,24)/b6-3-,11-5+. The van der Waals surface area contributed by atoms with Gasteiger partial charge in [0.05, 0.1) is 11.1 Å². The van der Waals surface area contributed by atoms with Crippen LogP contribution >= 0.6 is 0 Å². The molecule has 0 aliphatic carbocycles. The van der Waals surface area contributed by atoms with Crippen LogP contribution < -0.4 is 21.5 Å². The summed E-state index contributed by atoms with van der Waals surface area (Å²) >= 11 is 0. The second kappa shape index (κ2) is 8.43. The lowest BCUT2D eigenvalue weighted by Crippen LogP contribution is -2.12. The van der Waals surface area contributed by atoms with Gasteiger partial charge in [-0.15, -0.1) is 0 Å². The van der Waals surface area contributed by atoms with Crippen LogP contribution in [0.4, 0.5) is 21.8 Å². The Balaban J connectivity index is 2.19. The maximum absolute atomic E-state index is 13.9. The Morgan fingerprint density at radius 3 is 2.78 bits per heavy atom. The summed E-state index contributed by atoms with van der Waals surface area (Å²) in [4.78, 5) is 7.77. The molecule has 0 spiro atoms. The van der Waals surface area contributed by atoms with Crippen molar-refractivity contribution < 1.29 is 12.8 Å².